The Morgan fingerprint density at radius 1 is 1.46 bits per heavy atom. The molecular weight excluding hydrogens is 164 g/mol. The minimum absolute atomic E-state index is 0.0820. The molecule has 0 unspecified atom stereocenters. The first-order valence-corrected chi connectivity index (χ1v) is 4.12. The molecule has 0 aliphatic rings. The number of aromatic nitrogens is 2. The molecular formula is C10H10N2O. The highest BCUT2D eigenvalue weighted by molar-refractivity contribution is 6.06. The van der Waals surface area contributed by atoms with Crippen LogP contribution in [0.4, 0.5) is 0 Å². The van der Waals surface area contributed by atoms with Crippen molar-refractivity contribution in [3.05, 3.63) is 30.0 Å². The number of fused-ring (bicyclic) bond motifs is 1. The number of benzene rings is 1. The fourth-order valence-electron chi connectivity index (χ4n) is 1.48. The molecule has 0 atom stereocenters. The average molecular weight is 174 g/mol. The Labute approximate surface area is 76.0 Å². The summed E-state index contributed by atoms with van der Waals surface area (Å²) in [6, 6.07) is 5.65. The maximum Gasteiger partial charge on any atom is 0.160 e. The lowest BCUT2D eigenvalue weighted by molar-refractivity contribution is 0.101. The van der Waals surface area contributed by atoms with Crippen molar-refractivity contribution < 1.29 is 4.79 Å². The standard InChI is InChI=1S/C10H10N2O/c1-7(13)8-4-3-5-10-9(8)6-11-12(10)2/h3-6H,1-2H3. The summed E-state index contributed by atoms with van der Waals surface area (Å²) in [7, 11) is 1.87. The predicted molar refractivity (Wildman–Crippen MR) is 50.7 cm³/mol. The topological polar surface area (TPSA) is 34.9 Å². The molecule has 2 rings (SSSR count). The number of ketones is 1. The second-order valence-electron chi connectivity index (χ2n) is 3.06. The van der Waals surface area contributed by atoms with Crippen molar-refractivity contribution in [1.82, 2.24) is 9.78 Å². The van der Waals surface area contributed by atoms with Crippen LogP contribution in [0, 0.1) is 0 Å². The van der Waals surface area contributed by atoms with Crippen molar-refractivity contribution >= 4 is 16.7 Å². The number of rotatable bonds is 1. The monoisotopic (exact) mass is 174 g/mol. The number of aryl methyl sites for hydroxylation is 1. The minimum Gasteiger partial charge on any atom is -0.294 e. The summed E-state index contributed by atoms with van der Waals surface area (Å²) < 4.78 is 1.77. The summed E-state index contributed by atoms with van der Waals surface area (Å²) in [6.07, 6.45) is 1.73. The molecule has 0 aliphatic carbocycles. The van der Waals surface area contributed by atoms with E-state index < -0.39 is 0 Å². The molecule has 0 aliphatic heterocycles. The van der Waals surface area contributed by atoms with Crippen LogP contribution in [0.1, 0.15) is 17.3 Å². The largest absolute Gasteiger partial charge is 0.294 e. The van der Waals surface area contributed by atoms with Gasteiger partial charge < -0.3 is 0 Å². The van der Waals surface area contributed by atoms with Gasteiger partial charge in [-0.1, -0.05) is 12.1 Å². The molecule has 3 heteroatoms. The maximum atomic E-state index is 11.2. The smallest absolute Gasteiger partial charge is 0.160 e. The van der Waals surface area contributed by atoms with Gasteiger partial charge in [0.25, 0.3) is 0 Å². The lowest BCUT2D eigenvalue weighted by Crippen LogP contribution is -1.93. The SMILES string of the molecule is CC(=O)c1cccc2c1cnn2C. The fraction of sp³-hybridized carbons (Fsp3) is 0.200. The highest BCUT2D eigenvalue weighted by Gasteiger charge is 2.07. The van der Waals surface area contributed by atoms with E-state index in [0.717, 1.165) is 16.5 Å². The zero-order valence-electron chi connectivity index (χ0n) is 7.61. The number of nitrogens with zero attached hydrogens (tertiary/aromatic N) is 2. The molecule has 0 saturated heterocycles. The van der Waals surface area contributed by atoms with Gasteiger partial charge in [0.1, 0.15) is 0 Å². The van der Waals surface area contributed by atoms with Crippen LogP contribution in [0.15, 0.2) is 24.4 Å². The first kappa shape index (κ1) is 7.98. The summed E-state index contributed by atoms with van der Waals surface area (Å²) >= 11 is 0. The third-order valence-electron chi connectivity index (χ3n) is 2.17. The zero-order chi connectivity index (χ0) is 9.42. The molecule has 3 nitrogen and oxygen atoms in total. The Bertz CT molecular complexity index is 471. The van der Waals surface area contributed by atoms with Crippen LogP contribution in [-0.4, -0.2) is 15.6 Å². The lowest BCUT2D eigenvalue weighted by Gasteiger charge is -1.97. The van der Waals surface area contributed by atoms with Crippen molar-refractivity contribution in [3.8, 4) is 0 Å². The van der Waals surface area contributed by atoms with Crippen LogP contribution < -0.4 is 0 Å². The fourth-order valence-corrected chi connectivity index (χ4v) is 1.48. The highest BCUT2D eigenvalue weighted by atomic mass is 16.1. The molecule has 13 heavy (non-hydrogen) atoms. The van der Waals surface area contributed by atoms with E-state index in [0.29, 0.717) is 0 Å². The van der Waals surface area contributed by atoms with E-state index >= 15 is 0 Å². The normalized spacial score (nSPS) is 10.6. The van der Waals surface area contributed by atoms with Gasteiger partial charge in [-0.25, -0.2) is 0 Å². The van der Waals surface area contributed by atoms with Gasteiger partial charge in [-0.2, -0.15) is 5.10 Å². The van der Waals surface area contributed by atoms with Crippen LogP contribution in [0.3, 0.4) is 0 Å². The zero-order valence-corrected chi connectivity index (χ0v) is 7.61. The van der Waals surface area contributed by atoms with E-state index in [2.05, 4.69) is 5.10 Å². The van der Waals surface area contributed by atoms with Gasteiger partial charge in [0.05, 0.1) is 11.7 Å². The Kier molecular flexibility index (Phi) is 1.65. The predicted octanol–water partition coefficient (Wildman–Crippen LogP) is 1.78. The van der Waals surface area contributed by atoms with E-state index in [-0.39, 0.29) is 5.78 Å². The Morgan fingerprint density at radius 2 is 2.23 bits per heavy atom. The first-order chi connectivity index (χ1) is 6.20. The molecule has 0 amide bonds. The van der Waals surface area contributed by atoms with E-state index in [1.807, 2.05) is 25.2 Å². The average Bonchev–Trinajstić information content (AvgIpc) is 2.48. The van der Waals surface area contributed by atoms with Gasteiger partial charge in [-0.05, 0) is 13.0 Å². The van der Waals surface area contributed by atoms with Crippen molar-refractivity contribution in [1.29, 1.82) is 0 Å². The number of hydrogen-bond donors (Lipinski definition) is 0. The van der Waals surface area contributed by atoms with Gasteiger partial charge in [0.15, 0.2) is 5.78 Å². The number of Topliss-reactive ketones (excluding diaryl/α,β-unsaturated/α-hetero) is 1. The van der Waals surface area contributed by atoms with E-state index in [4.69, 9.17) is 0 Å². The van der Waals surface area contributed by atoms with Crippen LogP contribution >= 0.6 is 0 Å². The molecule has 1 heterocycles. The summed E-state index contributed by atoms with van der Waals surface area (Å²) in [4.78, 5) is 11.2. The first-order valence-electron chi connectivity index (χ1n) is 4.12. The third kappa shape index (κ3) is 1.13. The van der Waals surface area contributed by atoms with E-state index in [9.17, 15) is 4.79 Å². The van der Waals surface area contributed by atoms with Gasteiger partial charge >= 0.3 is 0 Å². The summed E-state index contributed by atoms with van der Waals surface area (Å²) in [5.41, 5.74) is 1.73. The molecule has 0 radical (unpaired) electrons. The lowest BCUT2D eigenvalue weighted by atomic mass is 10.1. The van der Waals surface area contributed by atoms with E-state index in [1.54, 1.807) is 17.8 Å². The van der Waals surface area contributed by atoms with Crippen LogP contribution in [0.2, 0.25) is 0 Å². The van der Waals surface area contributed by atoms with Gasteiger partial charge in [0.2, 0.25) is 0 Å². The van der Waals surface area contributed by atoms with Crippen LogP contribution in [0.5, 0.6) is 0 Å². The molecule has 0 spiro atoms. The van der Waals surface area contributed by atoms with Crippen molar-refractivity contribution in [2.24, 2.45) is 7.05 Å². The minimum atomic E-state index is 0.0820. The van der Waals surface area contributed by atoms with Gasteiger partial charge in [-0.15, -0.1) is 0 Å². The quantitative estimate of drug-likeness (QED) is 0.617. The van der Waals surface area contributed by atoms with Crippen molar-refractivity contribution in [2.45, 2.75) is 6.92 Å². The third-order valence-corrected chi connectivity index (χ3v) is 2.17. The number of carbonyl (C=O) groups is 1. The molecule has 0 N–H and O–H groups in total. The summed E-state index contributed by atoms with van der Waals surface area (Å²) in [5, 5.41) is 5.03. The number of hydrogen-bond acceptors (Lipinski definition) is 2. The van der Waals surface area contributed by atoms with Crippen molar-refractivity contribution in [2.75, 3.05) is 0 Å². The summed E-state index contributed by atoms with van der Waals surface area (Å²) in [6.45, 7) is 1.57. The Balaban J connectivity index is 2.84. The van der Waals surface area contributed by atoms with Crippen LogP contribution in [0.25, 0.3) is 10.9 Å². The molecule has 2 aromatic rings. The number of carbonyl (C=O) groups excluding carboxylic acids is 1. The molecule has 1 aromatic heterocycles. The molecule has 1 aromatic carbocycles. The van der Waals surface area contributed by atoms with Gasteiger partial charge in [-0.3, -0.25) is 9.48 Å². The maximum absolute atomic E-state index is 11.2. The molecule has 0 saturated carbocycles. The molecule has 0 bridgehead atoms. The highest BCUT2D eigenvalue weighted by Crippen LogP contribution is 2.17. The second-order valence-corrected chi connectivity index (χ2v) is 3.06. The Morgan fingerprint density at radius 3 is 2.92 bits per heavy atom. The van der Waals surface area contributed by atoms with E-state index in [1.165, 1.54) is 0 Å². The van der Waals surface area contributed by atoms with Crippen molar-refractivity contribution in [3.63, 3.8) is 0 Å². The van der Waals surface area contributed by atoms with Gasteiger partial charge in [0, 0.05) is 18.0 Å². The summed E-state index contributed by atoms with van der Waals surface area (Å²) in [5.74, 6) is 0.0820. The molecule has 0 fully saturated rings. The second kappa shape index (κ2) is 2.69. The Hall–Kier alpha value is -1.64. The molecule has 66 valence electrons. The van der Waals surface area contributed by atoms with Crippen LogP contribution in [-0.2, 0) is 7.05 Å².